The molecule has 0 heterocycles. The summed E-state index contributed by atoms with van der Waals surface area (Å²) in [6.07, 6.45) is 7.95. The highest BCUT2D eigenvalue weighted by molar-refractivity contribution is 4.60. The summed E-state index contributed by atoms with van der Waals surface area (Å²) in [5.74, 6) is 0. The van der Waals surface area contributed by atoms with E-state index in [0.717, 1.165) is 0 Å². The van der Waals surface area contributed by atoms with Crippen molar-refractivity contribution in [1.29, 1.82) is 0 Å². The summed E-state index contributed by atoms with van der Waals surface area (Å²) < 4.78 is 0. The lowest BCUT2D eigenvalue weighted by atomic mass is 10.1. The predicted molar refractivity (Wildman–Crippen MR) is 66.8 cm³/mol. The average molecular weight is 215 g/mol. The van der Waals surface area contributed by atoms with Crippen LogP contribution in [0.3, 0.4) is 0 Å². The van der Waals surface area contributed by atoms with Crippen molar-refractivity contribution in [3.05, 3.63) is 0 Å². The summed E-state index contributed by atoms with van der Waals surface area (Å²) in [4.78, 5) is 5.52. The van der Waals surface area contributed by atoms with E-state index < -0.39 is 0 Å². The monoisotopic (exact) mass is 215 g/mol. The van der Waals surface area contributed by atoms with Gasteiger partial charge in [0.15, 0.2) is 0 Å². The van der Waals surface area contributed by atoms with Crippen molar-refractivity contribution in [2.45, 2.75) is 84.8 Å². The van der Waals surface area contributed by atoms with E-state index >= 15 is 0 Å². The smallest absolute Gasteiger partial charge is 0.0813 e. The number of hydrogen-bond donors (Lipinski definition) is 1. The molecule has 0 saturated carbocycles. The average Bonchev–Trinajstić information content (AvgIpc) is 2.13. The number of hydroxylamine groups is 1. The third-order valence-corrected chi connectivity index (χ3v) is 2.31. The van der Waals surface area contributed by atoms with E-state index in [9.17, 15) is 0 Å². The molecule has 0 rings (SSSR count). The van der Waals surface area contributed by atoms with Gasteiger partial charge in [0.05, 0.1) is 5.60 Å². The molecule has 0 aliphatic carbocycles. The summed E-state index contributed by atoms with van der Waals surface area (Å²) in [5, 5.41) is 0. The molecule has 1 unspecified atom stereocenters. The lowest BCUT2D eigenvalue weighted by molar-refractivity contribution is -0.0870. The topological polar surface area (TPSA) is 21.3 Å². The standard InChI is InChI=1S/C13H29NO/c1-6-7-8-9-10-11-12(2)14-15-13(3,4)5/h12,14H,6-11H2,1-5H3. The molecule has 0 radical (unpaired) electrons. The maximum absolute atomic E-state index is 5.52. The third kappa shape index (κ3) is 11.8. The maximum atomic E-state index is 5.52. The summed E-state index contributed by atoms with van der Waals surface area (Å²) in [6, 6.07) is 0.464. The van der Waals surface area contributed by atoms with Crippen LogP contribution in [0.4, 0.5) is 0 Å². The van der Waals surface area contributed by atoms with Crippen molar-refractivity contribution in [3.63, 3.8) is 0 Å². The maximum Gasteiger partial charge on any atom is 0.0813 e. The molecule has 0 fully saturated rings. The SMILES string of the molecule is CCCCCCCC(C)NOC(C)(C)C. The molecule has 0 amide bonds. The first-order chi connectivity index (χ1) is 6.95. The van der Waals surface area contributed by atoms with Crippen LogP contribution in [0.25, 0.3) is 0 Å². The summed E-state index contributed by atoms with van der Waals surface area (Å²) in [7, 11) is 0. The summed E-state index contributed by atoms with van der Waals surface area (Å²) >= 11 is 0. The largest absolute Gasteiger partial charge is 0.296 e. The highest BCUT2D eigenvalue weighted by atomic mass is 16.7. The molecule has 1 N–H and O–H groups in total. The minimum atomic E-state index is -0.0868. The van der Waals surface area contributed by atoms with Crippen LogP contribution in [0.5, 0.6) is 0 Å². The number of unbranched alkanes of at least 4 members (excludes halogenated alkanes) is 4. The van der Waals surface area contributed by atoms with Gasteiger partial charge < -0.3 is 0 Å². The zero-order chi connectivity index (χ0) is 11.7. The Morgan fingerprint density at radius 3 is 2.20 bits per heavy atom. The fourth-order valence-electron chi connectivity index (χ4n) is 1.39. The van der Waals surface area contributed by atoms with Crippen molar-refractivity contribution in [3.8, 4) is 0 Å². The third-order valence-electron chi connectivity index (χ3n) is 2.31. The molecular weight excluding hydrogens is 186 g/mol. The summed E-state index contributed by atoms with van der Waals surface area (Å²) in [6.45, 7) is 10.6. The highest BCUT2D eigenvalue weighted by Gasteiger charge is 2.11. The van der Waals surface area contributed by atoms with E-state index in [-0.39, 0.29) is 5.60 Å². The van der Waals surface area contributed by atoms with Gasteiger partial charge in [0.2, 0.25) is 0 Å². The molecule has 0 aromatic rings. The number of hydrogen-bond acceptors (Lipinski definition) is 2. The molecule has 0 spiro atoms. The van der Waals surface area contributed by atoms with E-state index in [0.29, 0.717) is 6.04 Å². The molecular formula is C13H29NO. The molecule has 92 valence electrons. The van der Waals surface area contributed by atoms with E-state index in [1.807, 2.05) is 0 Å². The zero-order valence-electron chi connectivity index (χ0n) is 11.2. The Labute approximate surface area is 95.7 Å². The second-order valence-corrected chi connectivity index (χ2v) is 5.44. The van der Waals surface area contributed by atoms with Crippen LogP contribution in [-0.2, 0) is 4.84 Å². The van der Waals surface area contributed by atoms with E-state index in [4.69, 9.17) is 4.84 Å². The molecule has 0 aliphatic heterocycles. The van der Waals surface area contributed by atoms with Crippen molar-refractivity contribution < 1.29 is 4.84 Å². The van der Waals surface area contributed by atoms with Crippen molar-refractivity contribution in [2.75, 3.05) is 0 Å². The fourth-order valence-corrected chi connectivity index (χ4v) is 1.39. The van der Waals surface area contributed by atoms with Crippen molar-refractivity contribution >= 4 is 0 Å². The van der Waals surface area contributed by atoms with E-state index in [1.165, 1.54) is 38.5 Å². The molecule has 0 saturated heterocycles. The van der Waals surface area contributed by atoms with Gasteiger partial charge in [-0.1, -0.05) is 39.0 Å². The van der Waals surface area contributed by atoms with Crippen LogP contribution in [-0.4, -0.2) is 11.6 Å². The minimum Gasteiger partial charge on any atom is -0.296 e. The first-order valence-corrected chi connectivity index (χ1v) is 6.39. The molecule has 2 nitrogen and oxygen atoms in total. The van der Waals surface area contributed by atoms with Crippen LogP contribution >= 0.6 is 0 Å². The Morgan fingerprint density at radius 2 is 1.67 bits per heavy atom. The van der Waals surface area contributed by atoms with E-state index in [2.05, 4.69) is 40.1 Å². The van der Waals surface area contributed by atoms with Gasteiger partial charge in [0.25, 0.3) is 0 Å². The first-order valence-electron chi connectivity index (χ1n) is 6.39. The van der Waals surface area contributed by atoms with Gasteiger partial charge in [0.1, 0.15) is 0 Å². The predicted octanol–water partition coefficient (Wildman–Crippen LogP) is 4.06. The van der Waals surface area contributed by atoms with Gasteiger partial charge in [-0.05, 0) is 34.1 Å². The van der Waals surface area contributed by atoms with Crippen LogP contribution in [0.2, 0.25) is 0 Å². The second-order valence-electron chi connectivity index (χ2n) is 5.44. The Bertz CT molecular complexity index is 140. The fraction of sp³-hybridized carbons (Fsp3) is 1.00. The summed E-state index contributed by atoms with van der Waals surface area (Å²) in [5.41, 5.74) is 3.03. The van der Waals surface area contributed by atoms with Crippen molar-refractivity contribution in [2.24, 2.45) is 0 Å². The molecule has 15 heavy (non-hydrogen) atoms. The quantitative estimate of drug-likeness (QED) is 0.487. The van der Waals surface area contributed by atoms with Crippen LogP contribution in [0.15, 0.2) is 0 Å². The van der Waals surface area contributed by atoms with Crippen LogP contribution in [0.1, 0.15) is 73.1 Å². The minimum absolute atomic E-state index is 0.0868. The molecule has 0 aromatic heterocycles. The van der Waals surface area contributed by atoms with Crippen LogP contribution < -0.4 is 5.48 Å². The first kappa shape index (κ1) is 14.9. The second kappa shape index (κ2) is 8.12. The Kier molecular flexibility index (Phi) is 8.07. The number of nitrogens with one attached hydrogen (secondary N) is 1. The zero-order valence-corrected chi connectivity index (χ0v) is 11.2. The van der Waals surface area contributed by atoms with Gasteiger partial charge in [-0.2, -0.15) is 5.48 Å². The van der Waals surface area contributed by atoms with Crippen molar-refractivity contribution in [1.82, 2.24) is 5.48 Å². The molecule has 1 atom stereocenters. The molecule has 0 bridgehead atoms. The molecule has 0 aromatic carbocycles. The van der Waals surface area contributed by atoms with Crippen LogP contribution in [0, 0.1) is 0 Å². The lowest BCUT2D eigenvalue weighted by Crippen LogP contribution is -2.34. The normalized spacial score (nSPS) is 14.2. The van der Waals surface area contributed by atoms with Gasteiger partial charge in [-0.3, -0.25) is 4.84 Å². The lowest BCUT2D eigenvalue weighted by Gasteiger charge is -2.23. The Balaban J connectivity index is 3.30. The Hall–Kier alpha value is -0.0800. The Morgan fingerprint density at radius 1 is 1.07 bits per heavy atom. The van der Waals surface area contributed by atoms with Gasteiger partial charge in [0, 0.05) is 6.04 Å². The van der Waals surface area contributed by atoms with Gasteiger partial charge in [-0.25, -0.2) is 0 Å². The molecule has 2 heteroatoms. The van der Waals surface area contributed by atoms with E-state index in [1.54, 1.807) is 0 Å². The van der Waals surface area contributed by atoms with Gasteiger partial charge >= 0.3 is 0 Å². The van der Waals surface area contributed by atoms with Gasteiger partial charge in [-0.15, -0.1) is 0 Å². The highest BCUT2D eigenvalue weighted by Crippen LogP contribution is 2.09. The number of rotatable bonds is 8. The molecule has 0 aliphatic rings.